The normalized spacial score (nSPS) is 9.83. The second-order valence-corrected chi connectivity index (χ2v) is 2.50. The van der Waals surface area contributed by atoms with Crippen LogP contribution in [0.3, 0.4) is 0 Å². The summed E-state index contributed by atoms with van der Waals surface area (Å²) in [5.74, 6) is -0.203. The van der Waals surface area contributed by atoms with Gasteiger partial charge in [-0.2, -0.15) is 5.10 Å². The van der Waals surface area contributed by atoms with Crippen LogP contribution in [0, 0.1) is 0 Å². The molecule has 1 aromatic rings. The lowest BCUT2D eigenvalue weighted by atomic mass is 10.3. The maximum Gasteiger partial charge on any atom is 0.310 e. The molecule has 0 saturated heterocycles. The molecule has 4 nitrogen and oxygen atoms in total. The van der Waals surface area contributed by atoms with Gasteiger partial charge in [0.15, 0.2) is 0 Å². The van der Waals surface area contributed by atoms with Gasteiger partial charge in [-0.15, -0.1) is 0 Å². The van der Waals surface area contributed by atoms with Crippen molar-refractivity contribution in [3.63, 3.8) is 0 Å². The van der Waals surface area contributed by atoms with E-state index in [4.69, 9.17) is 4.74 Å². The Balaban J connectivity index is 2.46. The number of aryl methyl sites for hydroxylation is 1. The Bertz CT molecular complexity index is 268. The molecule has 12 heavy (non-hydrogen) atoms. The largest absolute Gasteiger partial charge is 0.466 e. The first kappa shape index (κ1) is 8.77. The van der Waals surface area contributed by atoms with Gasteiger partial charge >= 0.3 is 5.97 Å². The Morgan fingerprint density at radius 1 is 1.75 bits per heavy atom. The summed E-state index contributed by atoms with van der Waals surface area (Å²) in [6.45, 7) is 2.22. The number of aromatic nitrogens is 2. The highest BCUT2D eigenvalue weighted by molar-refractivity contribution is 5.72. The van der Waals surface area contributed by atoms with Crippen LogP contribution in [0.5, 0.6) is 0 Å². The Hall–Kier alpha value is -1.32. The van der Waals surface area contributed by atoms with Gasteiger partial charge in [-0.3, -0.25) is 9.48 Å². The molecule has 0 bridgehead atoms. The topological polar surface area (TPSA) is 44.1 Å². The zero-order valence-electron chi connectivity index (χ0n) is 7.28. The molecule has 0 aliphatic rings. The summed E-state index contributed by atoms with van der Waals surface area (Å²) in [6, 6.07) is 0. The van der Waals surface area contributed by atoms with E-state index in [1.54, 1.807) is 24.0 Å². The molecule has 0 aromatic carbocycles. The maximum atomic E-state index is 11.0. The van der Waals surface area contributed by atoms with Crippen molar-refractivity contribution in [2.45, 2.75) is 13.3 Å². The van der Waals surface area contributed by atoms with E-state index >= 15 is 0 Å². The molecule has 0 radical (unpaired) electrons. The van der Waals surface area contributed by atoms with E-state index in [1.165, 1.54) is 0 Å². The van der Waals surface area contributed by atoms with Gasteiger partial charge in [0.25, 0.3) is 0 Å². The molecule has 0 unspecified atom stereocenters. The number of carbonyl (C=O) groups is 1. The number of carbonyl (C=O) groups excluding carboxylic acids is 1. The second kappa shape index (κ2) is 3.90. The molecule has 1 rings (SSSR count). The lowest BCUT2D eigenvalue weighted by Crippen LogP contribution is -2.06. The van der Waals surface area contributed by atoms with Gasteiger partial charge in [0.05, 0.1) is 19.2 Å². The SMILES string of the molecule is CCOC(=O)Cc1cnn(C)c1. The summed E-state index contributed by atoms with van der Waals surface area (Å²) in [6.07, 6.45) is 3.77. The summed E-state index contributed by atoms with van der Waals surface area (Å²) in [5, 5.41) is 3.94. The third-order valence-corrected chi connectivity index (χ3v) is 1.41. The Labute approximate surface area is 71.1 Å². The number of hydrogen-bond acceptors (Lipinski definition) is 3. The first-order chi connectivity index (χ1) is 5.72. The highest BCUT2D eigenvalue weighted by Gasteiger charge is 2.04. The minimum absolute atomic E-state index is 0.203. The van der Waals surface area contributed by atoms with Crippen LogP contribution in [0.4, 0.5) is 0 Å². The monoisotopic (exact) mass is 168 g/mol. The number of hydrogen-bond donors (Lipinski definition) is 0. The lowest BCUT2D eigenvalue weighted by molar-refractivity contribution is -0.142. The molecule has 0 N–H and O–H groups in total. The van der Waals surface area contributed by atoms with Gasteiger partial charge < -0.3 is 4.74 Å². The van der Waals surface area contributed by atoms with Gasteiger partial charge in [0, 0.05) is 18.8 Å². The average molecular weight is 168 g/mol. The molecule has 1 aromatic heterocycles. The van der Waals surface area contributed by atoms with Crippen LogP contribution < -0.4 is 0 Å². The Morgan fingerprint density at radius 3 is 3.00 bits per heavy atom. The summed E-state index contributed by atoms with van der Waals surface area (Å²) < 4.78 is 6.44. The molecule has 0 aliphatic carbocycles. The quantitative estimate of drug-likeness (QED) is 0.618. The maximum absolute atomic E-state index is 11.0. The van der Waals surface area contributed by atoms with E-state index in [-0.39, 0.29) is 5.97 Å². The van der Waals surface area contributed by atoms with Crippen LogP contribution in [0.2, 0.25) is 0 Å². The molecular formula is C8H12N2O2. The molecule has 0 spiro atoms. The van der Waals surface area contributed by atoms with Gasteiger partial charge in [-0.05, 0) is 6.92 Å². The van der Waals surface area contributed by atoms with E-state index in [0.717, 1.165) is 5.56 Å². The van der Waals surface area contributed by atoms with E-state index in [9.17, 15) is 4.79 Å². The molecule has 0 aliphatic heterocycles. The highest BCUT2D eigenvalue weighted by atomic mass is 16.5. The highest BCUT2D eigenvalue weighted by Crippen LogP contribution is 1.98. The van der Waals surface area contributed by atoms with E-state index in [1.807, 2.05) is 7.05 Å². The van der Waals surface area contributed by atoms with Gasteiger partial charge in [-0.1, -0.05) is 0 Å². The number of ether oxygens (including phenoxy) is 1. The van der Waals surface area contributed by atoms with Crippen molar-refractivity contribution >= 4 is 5.97 Å². The number of rotatable bonds is 3. The zero-order valence-corrected chi connectivity index (χ0v) is 7.28. The van der Waals surface area contributed by atoms with Crippen molar-refractivity contribution in [1.82, 2.24) is 9.78 Å². The van der Waals surface area contributed by atoms with Crippen molar-refractivity contribution in [3.8, 4) is 0 Å². The predicted molar refractivity (Wildman–Crippen MR) is 43.5 cm³/mol. The van der Waals surface area contributed by atoms with Crippen LogP contribution in [0.1, 0.15) is 12.5 Å². The van der Waals surface area contributed by atoms with Gasteiger partial charge in [0.1, 0.15) is 0 Å². The fraction of sp³-hybridized carbons (Fsp3) is 0.500. The third kappa shape index (κ3) is 2.38. The van der Waals surface area contributed by atoms with Crippen LogP contribution >= 0.6 is 0 Å². The number of esters is 1. The lowest BCUT2D eigenvalue weighted by Gasteiger charge is -1.97. The molecule has 0 fully saturated rings. The second-order valence-electron chi connectivity index (χ2n) is 2.50. The van der Waals surface area contributed by atoms with Gasteiger partial charge in [0.2, 0.25) is 0 Å². The van der Waals surface area contributed by atoms with Crippen molar-refractivity contribution in [2.24, 2.45) is 7.05 Å². The minimum Gasteiger partial charge on any atom is -0.466 e. The molecule has 66 valence electrons. The van der Waals surface area contributed by atoms with Crippen molar-refractivity contribution in [3.05, 3.63) is 18.0 Å². The Kier molecular flexibility index (Phi) is 2.85. The van der Waals surface area contributed by atoms with Gasteiger partial charge in [-0.25, -0.2) is 0 Å². The van der Waals surface area contributed by atoms with E-state index < -0.39 is 0 Å². The van der Waals surface area contributed by atoms with Crippen LogP contribution in [0.25, 0.3) is 0 Å². The van der Waals surface area contributed by atoms with E-state index in [0.29, 0.717) is 13.0 Å². The molecule has 0 saturated carbocycles. The van der Waals surface area contributed by atoms with Crippen LogP contribution in [-0.2, 0) is 23.0 Å². The summed E-state index contributed by atoms with van der Waals surface area (Å²) in [7, 11) is 1.81. The standard InChI is InChI=1S/C8H12N2O2/c1-3-12-8(11)4-7-5-9-10(2)6-7/h5-6H,3-4H2,1-2H3. The van der Waals surface area contributed by atoms with Crippen molar-refractivity contribution in [1.29, 1.82) is 0 Å². The molecule has 0 amide bonds. The minimum atomic E-state index is -0.203. The fourth-order valence-corrected chi connectivity index (χ4v) is 0.942. The smallest absolute Gasteiger partial charge is 0.310 e. The van der Waals surface area contributed by atoms with Crippen LogP contribution in [0.15, 0.2) is 12.4 Å². The third-order valence-electron chi connectivity index (χ3n) is 1.41. The average Bonchev–Trinajstić information content (AvgIpc) is 2.36. The molecule has 4 heteroatoms. The fourth-order valence-electron chi connectivity index (χ4n) is 0.942. The summed E-state index contributed by atoms with van der Waals surface area (Å²) in [4.78, 5) is 11.0. The molecule has 1 heterocycles. The predicted octanol–water partition coefficient (Wildman–Crippen LogP) is 0.526. The summed E-state index contributed by atoms with van der Waals surface area (Å²) >= 11 is 0. The molecular weight excluding hydrogens is 156 g/mol. The van der Waals surface area contributed by atoms with E-state index in [2.05, 4.69) is 5.10 Å². The Morgan fingerprint density at radius 2 is 2.50 bits per heavy atom. The van der Waals surface area contributed by atoms with Crippen LogP contribution in [-0.4, -0.2) is 22.4 Å². The summed E-state index contributed by atoms with van der Waals surface area (Å²) in [5.41, 5.74) is 0.885. The van der Waals surface area contributed by atoms with Crippen molar-refractivity contribution < 1.29 is 9.53 Å². The zero-order chi connectivity index (χ0) is 8.97. The first-order valence-electron chi connectivity index (χ1n) is 3.85. The number of nitrogens with zero attached hydrogens (tertiary/aromatic N) is 2. The molecule has 0 atom stereocenters. The van der Waals surface area contributed by atoms with Crippen molar-refractivity contribution in [2.75, 3.05) is 6.61 Å². The first-order valence-corrected chi connectivity index (χ1v) is 3.85.